The lowest BCUT2D eigenvalue weighted by Gasteiger charge is -2.32. The fourth-order valence-electron chi connectivity index (χ4n) is 2.47. The Balaban J connectivity index is 2.04. The highest BCUT2D eigenvalue weighted by Crippen LogP contribution is 2.11. The van der Waals surface area contributed by atoms with Crippen molar-refractivity contribution in [3.05, 3.63) is 27.9 Å². The minimum absolute atomic E-state index is 0.0426. The Labute approximate surface area is 108 Å². The number of nitrogens with one attached hydrogen (secondary N) is 2. The lowest BCUT2D eigenvalue weighted by Crippen LogP contribution is -2.44. The molecule has 0 spiro atoms. The summed E-state index contributed by atoms with van der Waals surface area (Å²) < 4.78 is 0. The van der Waals surface area contributed by atoms with Gasteiger partial charge in [0, 0.05) is 24.3 Å². The number of aromatic nitrogens is 2. The third kappa shape index (κ3) is 3.40. The van der Waals surface area contributed by atoms with Crippen molar-refractivity contribution < 1.29 is 0 Å². The Kier molecular flexibility index (Phi) is 4.49. The summed E-state index contributed by atoms with van der Waals surface area (Å²) in [5.74, 6) is 0.788. The second-order valence-corrected chi connectivity index (χ2v) is 4.90. The van der Waals surface area contributed by atoms with Crippen molar-refractivity contribution in [1.29, 1.82) is 0 Å². The van der Waals surface area contributed by atoms with Crippen LogP contribution in [0.1, 0.15) is 31.3 Å². The number of likely N-dealkylation sites (N-methyl/N-ethyl adjacent to an activating group) is 1. The maximum absolute atomic E-state index is 11.5. The molecule has 2 heterocycles. The number of piperidine rings is 1. The summed E-state index contributed by atoms with van der Waals surface area (Å²) >= 11 is 0. The molecule has 1 fully saturated rings. The third-order valence-corrected chi connectivity index (χ3v) is 3.49. The summed E-state index contributed by atoms with van der Waals surface area (Å²) in [6.45, 7) is 4.86. The minimum Gasteiger partial charge on any atom is -0.316 e. The molecular formula is C13H22N4O. The second kappa shape index (κ2) is 6.11. The maximum atomic E-state index is 11.5. The van der Waals surface area contributed by atoms with Gasteiger partial charge in [0.25, 0.3) is 5.56 Å². The molecule has 5 nitrogen and oxygen atoms in total. The van der Waals surface area contributed by atoms with Gasteiger partial charge in [0.1, 0.15) is 5.82 Å². The molecule has 1 aromatic rings. The van der Waals surface area contributed by atoms with Crippen molar-refractivity contribution in [2.75, 3.05) is 20.1 Å². The Morgan fingerprint density at radius 3 is 3.17 bits per heavy atom. The van der Waals surface area contributed by atoms with Gasteiger partial charge in [-0.25, -0.2) is 4.98 Å². The Morgan fingerprint density at radius 2 is 2.44 bits per heavy atom. The molecule has 2 N–H and O–H groups in total. The van der Waals surface area contributed by atoms with Crippen molar-refractivity contribution in [3.63, 3.8) is 0 Å². The monoisotopic (exact) mass is 250 g/mol. The molecule has 1 atom stereocenters. The molecule has 1 aliphatic heterocycles. The zero-order valence-electron chi connectivity index (χ0n) is 11.2. The average molecular weight is 250 g/mol. The Morgan fingerprint density at radius 1 is 1.61 bits per heavy atom. The predicted molar refractivity (Wildman–Crippen MR) is 71.6 cm³/mol. The lowest BCUT2D eigenvalue weighted by atomic mass is 10.1. The van der Waals surface area contributed by atoms with Gasteiger partial charge in [-0.05, 0) is 32.9 Å². The van der Waals surface area contributed by atoms with E-state index in [0.29, 0.717) is 6.04 Å². The van der Waals surface area contributed by atoms with E-state index < -0.39 is 0 Å². The number of hydrogen-bond donors (Lipinski definition) is 2. The molecule has 1 aliphatic rings. The maximum Gasteiger partial charge on any atom is 0.251 e. The minimum atomic E-state index is -0.0426. The molecule has 1 unspecified atom stereocenters. The van der Waals surface area contributed by atoms with Crippen LogP contribution in [0.4, 0.5) is 0 Å². The molecule has 18 heavy (non-hydrogen) atoms. The van der Waals surface area contributed by atoms with Crippen LogP contribution in [0.2, 0.25) is 0 Å². The molecule has 5 heteroatoms. The lowest BCUT2D eigenvalue weighted by molar-refractivity contribution is 0.184. The first kappa shape index (κ1) is 13.2. The number of hydrogen-bond acceptors (Lipinski definition) is 4. The fraction of sp³-hybridized carbons (Fsp3) is 0.692. The summed E-state index contributed by atoms with van der Waals surface area (Å²) in [6.07, 6.45) is 3.23. The van der Waals surface area contributed by atoms with Gasteiger partial charge >= 0.3 is 0 Å². The second-order valence-electron chi connectivity index (χ2n) is 4.90. The van der Waals surface area contributed by atoms with Gasteiger partial charge in [0.2, 0.25) is 0 Å². The van der Waals surface area contributed by atoms with E-state index in [1.807, 2.05) is 14.0 Å². The Bertz CT molecular complexity index is 443. The zero-order chi connectivity index (χ0) is 13.0. The van der Waals surface area contributed by atoms with Crippen molar-refractivity contribution in [1.82, 2.24) is 20.2 Å². The smallest absolute Gasteiger partial charge is 0.251 e. The summed E-state index contributed by atoms with van der Waals surface area (Å²) in [4.78, 5) is 21.2. The van der Waals surface area contributed by atoms with Crippen LogP contribution in [-0.2, 0) is 13.0 Å². The van der Waals surface area contributed by atoms with Crippen molar-refractivity contribution in [2.45, 2.75) is 38.8 Å². The first-order chi connectivity index (χ1) is 8.71. The molecule has 0 amide bonds. The average Bonchev–Trinajstić information content (AvgIpc) is 2.38. The molecule has 1 saturated heterocycles. The van der Waals surface area contributed by atoms with Gasteiger partial charge in [0.05, 0.1) is 6.54 Å². The van der Waals surface area contributed by atoms with Crippen LogP contribution in [0.5, 0.6) is 0 Å². The topological polar surface area (TPSA) is 61.0 Å². The molecule has 0 aromatic carbocycles. The quantitative estimate of drug-likeness (QED) is 0.817. The van der Waals surface area contributed by atoms with Crippen molar-refractivity contribution in [3.8, 4) is 0 Å². The fourth-order valence-corrected chi connectivity index (χ4v) is 2.47. The van der Waals surface area contributed by atoms with Crippen LogP contribution < -0.4 is 10.9 Å². The third-order valence-electron chi connectivity index (χ3n) is 3.49. The van der Waals surface area contributed by atoms with E-state index in [9.17, 15) is 4.79 Å². The van der Waals surface area contributed by atoms with E-state index in [2.05, 4.69) is 20.2 Å². The number of aryl methyl sites for hydroxylation is 1. The summed E-state index contributed by atoms with van der Waals surface area (Å²) in [7, 11) is 2.01. The van der Waals surface area contributed by atoms with Gasteiger partial charge < -0.3 is 10.3 Å². The number of nitrogens with zero attached hydrogens (tertiary/aromatic N) is 2. The molecular weight excluding hydrogens is 228 g/mol. The largest absolute Gasteiger partial charge is 0.316 e. The van der Waals surface area contributed by atoms with E-state index >= 15 is 0 Å². The zero-order valence-corrected chi connectivity index (χ0v) is 11.2. The SMILES string of the molecule is CCc1cc(=O)[nH]c(CN2CCCC(NC)C2)n1. The van der Waals surface area contributed by atoms with Crippen LogP contribution >= 0.6 is 0 Å². The summed E-state index contributed by atoms with van der Waals surface area (Å²) in [6, 6.07) is 2.13. The molecule has 0 aliphatic carbocycles. The highest BCUT2D eigenvalue weighted by molar-refractivity contribution is 5.02. The molecule has 2 rings (SSSR count). The first-order valence-corrected chi connectivity index (χ1v) is 6.70. The van der Waals surface area contributed by atoms with E-state index in [4.69, 9.17) is 0 Å². The molecule has 1 aromatic heterocycles. The predicted octanol–water partition coefficient (Wildman–Crippen LogP) is 0.516. The first-order valence-electron chi connectivity index (χ1n) is 6.70. The van der Waals surface area contributed by atoms with Gasteiger partial charge in [-0.2, -0.15) is 0 Å². The van der Waals surface area contributed by atoms with Crippen LogP contribution in [0, 0.1) is 0 Å². The van der Waals surface area contributed by atoms with E-state index in [0.717, 1.165) is 37.6 Å². The van der Waals surface area contributed by atoms with Crippen molar-refractivity contribution in [2.24, 2.45) is 0 Å². The highest BCUT2D eigenvalue weighted by atomic mass is 16.1. The number of rotatable bonds is 4. The number of H-pyrrole nitrogens is 1. The van der Waals surface area contributed by atoms with Crippen LogP contribution in [0.25, 0.3) is 0 Å². The standard InChI is InChI=1S/C13H22N4O/c1-3-10-7-13(18)16-12(15-10)9-17-6-4-5-11(8-17)14-2/h7,11,14H,3-6,8-9H2,1-2H3,(H,15,16,18). The molecule has 0 radical (unpaired) electrons. The van der Waals surface area contributed by atoms with E-state index in [1.165, 1.54) is 12.8 Å². The normalized spacial score (nSPS) is 21.1. The van der Waals surface area contributed by atoms with Crippen molar-refractivity contribution >= 4 is 0 Å². The van der Waals surface area contributed by atoms with Crippen LogP contribution in [0.15, 0.2) is 10.9 Å². The van der Waals surface area contributed by atoms with E-state index in [-0.39, 0.29) is 5.56 Å². The summed E-state index contributed by atoms with van der Waals surface area (Å²) in [5.41, 5.74) is 0.829. The molecule has 0 saturated carbocycles. The van der Waals surface area contributed by atoms with Gasteiger partial charge in [-0.15, -0.1) is 0 Å². The van der Waals surface area contributed by atoms with E-state index in [1.54, 1.807) is 6.07 Å². The highest BCUT2D eigenvalue weighted by Gasteiger charge is 2.19. The number of likely N-dealkylation sites (tertiary alicyclic amines) is 1. The summed E-state index contributed by atoms with van der Waals surface area (Å²) in [5, 5.41) is 3.32. The Hall–Kier alpha value is -1.20. The molecule has 100 valence electrons. The van der Waals surface area contributed by atoms with Gasteiger partial charge in [-0.3, -0.25) is 9.69 Å². The molecule has 0 bridgehead atoms. The van der Waals surface area contributed by atoms with Gasteiger partial charge in [-0.1, -0.05) is 6.92 Å². The van der Waals surface area contributed by atoms with Crippen LogP contribution in [-0.4, -0.2) is 41.0 Å². The number of aromatic amines is 1. The van der Waals surface area contributed by atoms with Gasteiger partial charge in [0.15, 0.2) is 0 Å². The van der Waals surface area contributed by atoms with Crippen LogP contribution in [0.3, 0.4) is 0 Å².